The molecule has 174 valence electrons. The van der Waals surface area contributed by atoms with Crippen LogP contribution in [0.1, 0.15) is 43.4 Å². The maximum atomic E-state index is 13.0. The van der Waals surface area contributed by atoms with E-state index in [4.69, 9.17) is 0 Å². The van der Waals surface area contributed by atoms with Crippen LogP contribution in [0.15, 0.2) is 41.3 Å². The quantitative estimate of drug-likeness (QED) is 0.604. The fraction of sp³-hybridized carbons (Fsp3) is 0.409. The number of hydrogen-bond donors (Lipinski definition) is 2. The lowest BCUT2D eigenvalue weighted by molar-refractivity contribution is -0.115. The van der Waals surface area contributed by atoms with E-state index in [0.29, 0.717) is 42.7 Å². The van der Waals surface area contributed by atoms with Crippen LogP contribution in [0.3, 0.4) is 0 Å². The molecule has 8 nitrogen and oxygen atoms in total. The van der Waals surface area contributed by atoms with E-state index >= 15 is 0 Å². The number of hydrogen-bond acceptors (Lipinski definition) is 5. The van der Waals surface area contributed by atoms with Crippen molar-refractivity contribution in [1.82, 2.24) is 4.31 Å². The van der Waals surface area contributed by atoms with Crippen LogP contribution in [0.2, 0.25) is 0 Å². The molecule has 0 spiro atoms. The number of amides is 1. The van der Waals surface area contributed by atoms with Gasteiger partial charge in [0.15, 0.2) is 0 Å². The lowest BCUT2D eigenvalue weighted by Gasteiger charge is -2.28. The number of anilines is 2. The van der Waals surface area contributed by atoms with Gasteiger partial charge >= 0.3 is 0 Å². The largest absolute Gasteiger partial charge is 0.326 e. The third-order valence-electron chi connectivity index (χ3n) is 5.36. The van der Waals surface area contributed by atoms with Crippen LogP contribution in [-0.4, -0.2) is 39.3 Å². The normalized spacial score (nSPS) is 14.6. The predicted molar refractivity (Wildman–Crippen MR) is 126 cm³/mol. The zero-order chi connectivity index (χ0) is 23.5. The molecule has 0 atom stereocenters. The van der Waals surface area contributed by atoms with Gasteiger partial charge in [-0.3, -0.25) is 9.52 Å². The summed E-state index contributed by atoms with van der Waals surface area (Å²) in [5.74, 6) is -0.0509. The molecule has 0 saturated carbocycles. The van der Waals surface area contributed by atoms with Crippen molar-refractivity contribution in [3.8, 4) is 0 Å². The molecule has 0 aliphatic carbocycles. The molecule has 2 aromatic rings. The number of benzene rings is 2. The Labute approximate surface area is 190 Å². The van der Waals surface area contributed by atoms with E-state index in [2.05, 4.69) is 10.0 Å². The summed E-state index contributed by atoms with van der Waals surface area (Å²) in [6.07, 6.45) is 1.47. The van der Waals surface area contributed by atoms with Crippen molar-refractivity contribution in [3.63, 3.8) is 0 Å². The fourth-order valence-corrected chi connectivity index (χ4v) is 6.46. The second-order valence-corrected chi connectivity index (χ2v) is 11.6. The fourth-order valence-electron chi connectivity index (χ4n) is 3.71. The van der Waals surface area contributed by atoms with Gasteiger partial charge in [-0.2, -0.15) is 4.31 Å². The second-order valence-electron chi connectivity index (χ2n) is 7.87. The molecule has 0 radical (unpaired) electrons. The van der Waals surface area contributed by atoms with Gasteiger partial charge in [-0.1, -0.05) is 19.9 Å². The van der Waals surface area contributed by atoms with Crippen LogP contribution in [-0.2, 0) is 37.8 Å². The van der Waals surface area contributed by atoms with Crippen LogP contribution in [0.5, 0.6) is 0 Å². The van der Waals surface area contributed by atoms with Crippen molar-refractivity contribution in [2.75, 3.05) is 22.3 Å². The summed E-state index contributed by atoms with van der Waals surface area (Å²) in [5.41, 5.74) is 3.23. The molecule has 0 unspecified atom stereocenters. The first kappa shape index (κ1) is 24.2. The Bertz CT molecular complexity index is 1220. The zero-order valence-electron chi connectivity index (χ0n) is 18.5. The lowest BCUT2D eigenvalue weighted by Crippen LogP contribution is -2.37. The van der Waals surface area contributed by atoms with Gasteiger partial charge in [0.2, 0.25) is 15.9 Å². The van der Waals surface area contributed by atoms with Crippen molar-refractivity contribution in [2.45, 2.75) is 51.5 Å². The molecular formula is C22H29N3O5S2. The van der Waals surface area contributed by atoms with Crippen molar-refractivity contribution in [2.24, 2.45) is 0 Å². The first-order chi connectivity index (χ1) is 15.1. The molecule has 0 aromatic heterocycles. The zero-order valence-corrected chi connectivity index (χ0v) is 20.1. The maximum absolute atomic E-state index is 13.0. The van der Waals surface area contributed by atoms with Gasteiger partial charge in [-0.05, 0) is 66.8 Å². The Morgan fingerprint density at radius 1 is 1.00 bits per heavy atom. The van der Waals surface area contributed by atoms with Gasteiger partial charge in [0.25, 0.3) is 10.0 Å². The van der Waals surface area contributed by atoms with Crippen molar-refractivity contribution >= 4 is 37.3 Å². The number of rotatable bonds is 8. The standard InChI is InChI=1S/C22H29N3O5S2/c1-4-12-31(27,28)25-11-10-17-6-7-20(14-18(17)15-25)24-32(29,30)21-9-8-19(13-16(21)3)23-22(26)5-2/h6-9,13-14,24H,4-5,10-12,15H2,1-3H3,(H,23,26). The van der Waals surface area contributed by atoms with Crippen LogP contribution in [0.25, 0.3) is 0 Å². The van der Waals surface area contributed by atoms with E-state index in [0.717, 1.165) is 11.1 Å². The highest BCUT2D eigenvalue weighted by Crippen LogP contribution is 2.27. The van der Waals surface area contributed by atoms with E-state index in [-0.39, 0.29) is 23.1 Å². The number of carbonyl (C=O) groups excluding carboxylic acids is 1. The highest BCUT2D eigenvalue weighted by atomic mass is 32.2. The minimum Gasteiger partial charge on any atom is -0.326 e. The van der Waals surface area contributed by atoms with Gasteiger partial charge < -0.3 is 5.32 Å². The third-order valence-corrected chi connectivity index (χ3v) is 8.92. The third kappa shape index (κ3) is 5.48. The van der Waals surface area contributed by atoms with Gasteiger partial charge in [0.05, 0.1) is 10.6 Å². The molecule has 3 rings (SSSR count). The topological polar surface area (TPSA) is 113 Å². The summed E-state index contributed by atoms with van der Waals surface area (Å²) in [7, 11) is -7.19. The Morgan fingerprint density at radius 3 is 2.38 bits per heavy atom. The Balaban J connectivity index is 1.81. The van der Waals surface area contributed by atoms with E-state index in [1.165, 1.54) is 10.4 Å². The highest BCUT2D eigenvalue weighted by molar-refractivity contribution is 7.92. The number of fused-ring (bicyclic) bond motifs is 1. The van der Waals surface area contributed by atoms with Crippen molar-refractivity contribution in [1.29, 1.82) is 0 Å². The molecule has 2 N–H and O–H groups in total. The SMILES string of the molecule is CCCS(=O)(=O)N1CCc2ccc(NS(=O)(=O)c3ccc(NC(=O)CC)cc3C)cc2C1. The Morgan fingerprint density at radius 2 is 1.72 bits per heavy atom. The minimum atomic E-state index is -3.87. The van der Waals surface area contributed by atoms with E-state index in [9.17, 15) is 21.6 Å². The number of nitrogens with one attached hydrogen (secondary N) is 2. The van der Waals surface area contributed by atoms with Crippen LogP contribution >= 0.6 is 0 Å². The first-order valence-electron chi connectivity index (χ1n) is 10.6. The first-order valence-corrected chi connectivity index (χ1v) is 13.7. The van der Waals surface area contributed by atoms with Gasteiger partial charge in [0, 0.05) is 30.9 Å². The average Bonchev–Trinajstić information content (AvgIpc) is 2.72. The molecular weight excluding hydrogens is 450 g/mol. The molecule has 10 heteroatoms. The van der Waals surface area contributed by atoms with Crippen molar-refractivity contribution in [3.05, 3.63) is 53.1 Å². The minimum absolute atomic E-state index is 0.0998. The molecule has 2 aromatic carbocycles. The van der Waals surface area contributed by atoms with E-state index in [1.54, 1.807) is 38.1 Å². The van der Waals surface area contributed by atoms with E-state index in [1.807, 2.05) is 13.0 Å². The number of sulfonamides is 2. The summed E-state index contributed by atoms with van der Waals surface area (Å²) < 4.78 is 54.9. The van der Waals surface area contributed by atoms with E-state index < -0.39 is 20.0 Å². The monoisotopic (exact) mass is 479 g/mol. The molecule has 0 fully saturated rings. The summed E-state index contributed by atoms with van der Waals surface area (Å²) in [5, 5.41) is 2.71. The molecule has 0 saturated heterocycles. The summed E-state index contributed by atoms with van der Waals surface area (Å²) in [4.78, 5) is 11.7. The predicted octanol–water partition coefficient (Wildman–Crippen LogP) is 3.24. The molecule has 1 aliphatic rings. The molecule has 0 bridgehead atoms. The Hall–Kier alpha value is -2.43. The maximum Gasteiger partial charge on any atom is 0.262 e. The van der Waals surface area contributed by atoms with Gasteiger partial charge in [-0.15, -0.1) is 0 Å². The molecule has 32 heavy (non-hydrogen) atoms. The van der Waals surface area contributed by atoms with Gasteiger partial charge in [0.1, 0.15) is 0 Å². The van der Waals surface area contributed by atoms with Crippen LogP contribution < -0.4 is 10.0 Å². The smallest absolute Gasteiger partial charge is 0.262 e. The second kappa shape index (κ2) is 9.60. The van der Waals surface area contributed by atoms with Gasteiger partial charge in [-0.25, -0.2) is 16.8 Å². The van der Waals surface area contributed by atoms with Crippen LogP contribution in [0, 0.1) is 6.92 Å². The summed E-state index contributed by atoms with van der Waals surface area (Å²) in [6.45, 7) is 5.90. The number of aryl methyl sites for hydroxylation is 1. The average molecular weight is 480 g/mol. The number of nitrogens with zero attached hydrogens (tertiary/aromatic N) is 1. The van der Waals surface area contributed by atoms with Crippen molar-refractivity contribution < 1.29 is 21.6 Å². The molecule has 1 heterocycles. The lowest BCUT2D eigenvalue weighted by atomic mass is 10.0. The molecule has 1 amide bonds. The summed E-state index contributed by atoms with van der Waals surface area (Å²) in [6, 6.07) is 9.86. The number of carbonyl (C=O) groups is 1. The van der Waals surface area contributed by atoms with Crippen LogP contribution in [0.4, 0.5) is 11.4 Å². The molecule has 1 aliphatic heterocycles. The highest BCUT2D eigenvalue weighted by Gasteiger charge is 2.26. The Kier molecular flexibility index (Phi) is 7.26. The summed E-state index contributed by atoms with van der Waals surface area (Å²) >= 11 is 0.